The Morgan fingerprint density at radius 1 is 1.21 bits per heavy atom. The number of nitrogens with zero attached hydrogens (tertiary/aromatic N) is 2. The van der Waals surface area contributed by atoms with Gasteiger partial charge in [-0.1, -0.05) is 30.3 Å². The summed E-state index contributed by atoms with van der Waals surface area (Å²) in [6, 6.07) is 18.2. The molecule has 1 saturated heterocycles. The van der Waals surface area contributed by atoms with Crippen LogP contribution >= 0.6 is 11.8 Å². The number of carbonyl (C=O) groups is 2. The number of carbonyl (C=O) groups excluding carboxylic acids is 2. The monoisotopic (exact) mass is 462 g/mol. The van der Waals surface area contributed by atoms with Crippen molar-refractivity contribution >= 4 is 23.6 Å². The Labute approximate surface area is 199 Å². The fourth-order valence-electron chi connectivity index (χ4n) is 4.35. The van der Waals surface area contributed by atoms with E-state index in [1.807, 2.05) is 48.1 Å². The molecule has 0 saturated carbocycles. The summed E-state index contributed by atoms with van der Waals surface area (Å²) >= 11 is 1.71. The van der Waals surface area contributed by atoms with Crippen LogP contribution in [0, 0.1) is 0 Å². The van der Waals surface area contributed by atoms with Gasteiger partial charge in [-0.25, -0.2) is 4.68 Å². The summed E-state index contributed by atoms with van der Waals surface area (Å²) in [7, 11) is 0. The highest BCUT2D eigenvalue weighted by atomic mass is 32.2. The Morgan fingerprint density at radius 2 is 1.97 bits per heavy atom. The van der Waals surface area contributed by atoms with Crippen LogP contribution in [0.1, 0.15) is 49.8 Å². The van der Waals surface area contributed by atoms with Crippen LogP contribution in [0.3, 0.4) is 0 Å². The molecule has 2 atom stereocenters. The van der Waals surface area contributed by atoms with Gasteiger partial charge in [0.25, 0.3) is 0 Å². The lowest BCUT2D eigenvalue weighted by Gasteiger charge is -2.29. The van der Waals surface area contributed by atoms with Crippen LogP contribution in [0.5, 0.6) is 0 Å². The van der Waals surface area contributed by atoms with E-state index in [4.69, 9.17) is 0 Å². The third-order valence-corrected chi connectivity index (χ3v) is 7.01. The summed E-state index contributed by atoms with van der Waals surface area (Å²) in [6.45, 7) is 1.96. The van der Waals surface area contributed by atoms with Crippen LogP contribution in [0.4, 0.5) is 0 Å². The number of hydrogen-bond acceptors (Lipinski definition) is 4. The van der Waals surface area contributed by atoms with Gasteiger partial charge in [-0.2, -0.15) is 5.10 Å². The third-order valence-electron chi connectivity index (χ3n) is 6.27. The maximum Gasteiger partial charge on any atom is 0.220 e. The van der Waals surface area contributed by atoms with Crippen molar-refractivity contribution in [3.8, 4) is 5.69 Å². The van der Waals surface area contributed by atoms with Crippen molar-refractivity contribution in [2.24, 2.45) is 0 Å². The molecule has 0 unspecified atom stereocenters. The molecule has 7 heteroatoms. The summed E-state index contributed by atoms with van der Waals surface area (Å²) in [5, 5.41) is 10.7. The van der Waals surface area contributed by atoms with Crippen molar-refractivity contribution in [2.45, 2.75) is 55.5 Å². The molecule has 0 bridgehead atoms. The van der Waals surface area contributed by atoms with Gasteiger partial charge in [0.05, 0.1) is 17.9 Å². The number of amides is 2. The molecule has 172 valence electrons. The molecule has 1 fully saturated rings. The Hall–Kier alpha value is -3.06. The summed E-state index contributed by atoms with van der Waals surface area (Å²) in [4.78, 5) is 26.0. The van der Waals surface area contributed by atoms with Gasteiger partial charge in [-0.15, -0.1) is 11.8 Å². The van der Waals surface area contributed by atoms with Gasteiger partial charge in [0.2, 0.25) is 11.8 Å². The average Bonchev–Trinajstić information content (AvgIpc) is 3.47. The second-order valence-corrected chi connectivity index (χ2v) is 9.58. The highest BCUT2D eigenvalue weighted by Crippen LogP contribution is 2.30. The van der Waals surface area contributed by atoms with Crippen molar-refractivity contribution in [2.75, 3.05) is 6.26 Å². The SMILES string of the molecule is CSc1ccc(C[C@]2(CCC(=O)N[C@@H](C)c3cnn(-c4ccccc4)c3)CCC(=O)N2)cc1. The molecule has 2 amide bonds. The zero-order valence-corrected chi connectivity index (χ0v) is 19.9. The van der Waals surface area contributed by atoms with Gasteiger partial charge in [0.15, 0.2) is 0 Å². The summed E-state index contributed by atoms with van der Waals surface area (Å²) in [6.07, 6.45) is 8.76. The summed E-state index contributed by atoms with van der Waals surface area (Å²) < 4.78 is 1.81. The predicted octanol–water partition coefficient (Wildman–Crippen LogP) is 4.44. The van der Waals surface area contributed by atoms with Crippen LogP contribution < -0.4 is 10.6 Å². The smallest absolute Gasteiger partial charge is 0.220 e. The zero-order chi connectivity index (χ0) is 23.3. The van der Waals surface area contributed by atoms with E-state index in [2.05, 4.69) is 46.3 Å². The van der Waals surface area contributed by atoms with Gasteiger partial charge in [-0.3, -0.25) is 9.59 Å². The van der Waals surface area contributed by atoms with E-state index in [1.165, 1.54) is 10.5 Å². The average molecular weight is 463 g/mol. The second kappa shape index (κ2) is 10.3. The number of thioether (sulfide) groups is 1. The summed E-state index contributed by atoms with van der Waals surface area (Å²) in [5.41, 5.74) is 2.74. The molecular weight excluding hydrogens is 432 g/mol. The van der Waals surface area contributed by atoms with E-state index in [-0.39, 0.29) is 23.4 Å². The summed E-state index contributed by atoms with van der Waals surface area (Å²) in [5.74, 6) is 0.0473. The van der Waals surface area contributed by atoms with Crippen LogP contribution in [0.15, 0.2) is 71.9 Å². The predicted molar refractivity (Wildman–Crippen MR) is 131 cm³/mol. The fourth-order valence-corrected chi connectivity index (χ4v) is 4.76. The van der Waals surface area contributed by atoms with E-state index in [1.54, 1.807) is 18.0 Å². The van der Waals surface area contributed by atoms with E-state index in [0.29, 0.717) is 19.3 Å². The first-order valence-corrected chi connectivity index (χ1v) is 12.5. The Morgan fingerprint density at radius 3 is 2.64 bits per heavy atom. The van der Waals surface area contributed by atoms with Crippen LogP contribution in [0.25, 0.3) is 5.69 Å². The first-order chi connectivity index (χ1) is 16.0. The highest BCUT2D eigenvalue weighted by Gasteiger charge is 2.37. The number of para-hydroxylation sites is 1. The lowest BCUT2D eigenvalue weighted by Crippen LogP contribution is -2.44. The fraction of sp³-hybridized carbons (Fsp3) is 0.346. The second-order valence-electron chi connectivity index (χ2n) is 8.70. The van der Waals surface area contributed by atoms with Gasteiger partial charge in [-0.05, 0) is 62.3 Å². The standard InChI is InChI=1S/C26H30N4O2S/c1-19(21-17-27-30(18-21)22-6-4-3-5-7-22)28-24(31)12-14-26(15-13-25(32)29-26)16-20-8-10-23(33-2)11-9-20/h3-11,17-19H,12-16H2,1-2H3,(H,28,31)(H,29,32)/t19-,26-/m0/s1. The topological polar surface area (TPSA) is 76.0 Å². The highest BCUT2D eigenvalue weighted by molar-refractivity contribution is 7.98. The van der Waals surface area contributed by atoms with Gasteiger partial charge < -0.3 is 10.6 Å². The van der Waals surface area contributed by atoms with Gasteiger partial charge in [0.1, 0.15) is 0 Å². The normalized spacial score (nSPS) is 18.7. The minimum absolute atomic E-state index is 0.0202. The molecule has 2 N–H and O–H groups in total. The largest absolute Gasteiger partial charge is 0.350 e. The molecule has 2 heterocycles. The molecule has 1 aliphatic heterocycles. The molecule has 33 heavy (non-hydrogen) atoms. The van der Waals surface area contributed by atoms with Crippen molar-refractivity contribution in [3.63, 3.8) is 0 Å². The third kappa shape index (κ3) is 5.85. The van der Waals surface area contributed by atoms with Crippen molar-refractivity contribution in [1.29, 1.82) is 0 Å². The molecule has 0 aliphatic carbocycles. The van der Waals surface area contributed by atoms with Gasteiger partial charge in [0, 0.05) is 35.0 Å². The van der Waals surface area contributed by atoms with Crippen molar-refractivity contribution in [3.05, 3.63) is 78.1 Å². The molecule has 2 aromatic carbocycles. The molecule has 4 rings (SSSR count). The first kappa shape index (κ1) is 23.1. The van der Waals surface area contributed by atoms with Crippen LogP contribution in [-0.2, 0) is 16.0 Å². The molecule has 6 nitrogen and oxygen atoms in total. The maximum absolute atomic E-state index is 12.8. The first-order valence-electron chi connectivity index (χ1n) is 11.3. The quantitative estimate of drug-likeness (QED) is 0.461. The van der Waals surface area contributed by atoms with Crippen LogP contribution in [-0.4, -0.2) is 33.4 Å². The van der Waals surface area contributed by atoms with Crippen LogP contribution in [0.2, 0.25) is 0 Å². The molecule has 3 aromatic rings. The van der Waals surface area contributed by atoms with E-state index < -0.39 is 0 Å². The zero-order valence-electron chi connectivity index (χ0n) is 19.1. The van der Waals surface area contributed by atoms with Gasteiger partial charge >= 0.3 is 0 Å². The minimum atomic E-state index is -0.364. The van der Waals surface area contributed by atoms with E-state index in [9.17, 15) is 9.59 Å². The maximum atomic E-state index is 12.8. The molecule has 0 spiro atoms. The van der Waals surface area contributed by atoms with Crippen molar-refractivity contribution < 1.29 is 9.59 Å². The minimum Gasteiger partial charge on any atom is -0.350 e. The van der Waals surface area contributed by atoms with E-state index in [0.717, 1.165) is 24.1 Å². The Balaban J connectivity index is 1.35. The number of benzene rings is 2. The Bertz CT molecular complexity index is 1100. The number of nitrogens with one attached hydrogen (secondary N) is 2. The number of aromatic nitrogens is 2. The lowest BCUT2D eigenvalue weighted by molar-refractivity contribution is -0.123. The molecule has 1 aliphatic rings. The van der Waals surface area contributed by atoms with Crippen molar-refractivity contribution in [1.82, 2.24) is 20.4 Å². The molecule has 1 aromatic heterocycles. The number of hydrogen-bond donors (Lipinski definition) is 2. The molecule has 0 radical (unpaired) electrons. The van der Waals surface area contributed by atoms with E-state index >= 15 is 0 Å². The Kier molecular flexibility index (Phi) is 7.18. The molecular formula is C26H30N4O2S. The lowest BCUT2D eigenvalue weighted by atomic mass is 9.85. The number of rotatable bonds is 9.